The number of rotatable bonds is 9. The van der Waals surface area contributed by atoms with Gasteiger partial charge in [0.1, 0.15) is 23.8 Å². The van der Waals surface area contributed by atoms with Crippen LogP contribution in [0.25, 0.3) is 11.2 Å². The number of aliphatic hydroxyl groups excluding tert-OH is 2. The van der Waals surface area contributed by atoms with Crippen LogP contribution in [0.4, 0.5) is 5.95 Å². The van der Waals surface area contributed by atoms with Crippen LogP contribution >= 0.6 is 38.4 Å². The first kappa shape index (κ1) is 27.4. The van der Waals surface area contributed by atoms with Gasteiger partial charge in [-0.25, -0.2) is 9.97 Å². The van der Waals surface area contributed by atoms with E-state index in [-0.39, 0.29) is 11.6 Å². The molecule has 0 amide bonds. The quantitative estimate of drug-likeness (QED) is 0.198. The molecule has 1 unspecified atom stereocenters. The number of hydrogen-bond donors (Lipinski definition) is 6. The van der Waals surface area contributed by atoms with E-state index in [1.165, 1.54) is 17.1 Å². The van der Waals surface area contributed by atoms with Crippen molar-refractivity contribution in [2.45, 2.75) is 31.1 Å². The number of aromatic nitrogens is 4. The number of aliphatic hydroxyl groups is 2. The maximum absolute atomic E-state index is 11.9. The first-order chi connectivity index (χ1) is 16.8. The lowest BCUT2D eigenvalue weighted by Gasteiger charge is -2.18. The number of imidazole rings is 1. The Morgan fingerprint density at radius 3 is 2.44 bits per heavy atom. The summed E-state index contributed by atoms with van der Waals surface area (Å²) in [5, 5.41) is 24.8. The monoisotopic (exact) mass is 583 g/mol. The summed E-state index contributed by atoms with van der Waals surface area (Å²) >= 11 is 12.0. The van der Waals surface area contributed by atoms with Gasteiger partial charge in [-0.3, -0.25) is 13.7 Å². The summed E-state index contributed by atoms with van der Waals surface area (Å²) in [6.45, 7) is -0.407. The van der Waals surface area contributed by atoms with Crippen molar-refractivity contribution in [3.63, 3.8) is 0 Å². The molecule has 0 radical (unpaired) electrons. The highest BCUT2D eigenvalue weighted by Gasteiger charge is 2.45. The molecule has 36 heavy (non-hydrogen) atoms. The zero-order valence-corrected chi connectivity index (χ0v) is 21.4. The van der Waals surface area contributed by atoms with Gasteiger partial charge in [0.25, 0.3) is 0 Å². The highest BCUT2D eigenvalue weighted by atomic mass is 35.5. The molecule has 0 spiro atoms. The maximum atomic E-state index is 11.9. The van der Waals surface area contributed by atoms with Crippen molar-refractivity contribution in [3.8, 4) is 0 Å². The Kier molecular flexibility index (Phi) is 8.06. The van der Waals surface area contributed by atoms with Crippen molar-refractivity contribution < 1.29 is 43.3 Å². The molecule has 0 saturated carbocycles. The molecule has 3 aromatic rings. The highest BCUT2D eigenvalue weighted by molar-refractivity contribution is 7.70. The molecule has 1 fully saturated rings. The number of hydrogen-bond acceptors (Lipinski definition) is 10. The summed E-state index contributed by atoms with van der Waals surface area (Å²) in [6.07, 6.45) is -2.78. The van der Waals surface area contributed by atoms with Gasteiger partial charge < -0.3 is 39.5 Å². The summed E-state index contributed by atoms with van der Waals surface area (Å²) in [5.74, 6) is -1.18. The molecule has 0 bridgehead atoms. The fourth-order valence-electron chi connectivity index (χ4n) is 3.55. The molecule has 196 valence electrons. The lowest BCUT2D eigenvalue weighted by atomic mass is 10.1. The second-order valence-electron chi connectivity index (χ2n) is 7.97. The van der Waals surface area contributed by atoms with Crippen LogP contribution in [0.3, 0.4) is 0 Å². The van der Waals surface area contributed by atoms with Gasteiger partial charge in [-0.2, -0.15) is 4.98 Å². The fraction of sp³-hybridized carbons (Fsp3) is 0.389. The van der Waals surface area contributed by atoms with Gasteiger partial charge in [0.15, 0.2) is 17.8 Å². The number of halogens is 2. The van der Waals surface area contributed by atoms with Crippen molar-refractivity contribution in [2.75, 3.05) is 17.8 Å². The van der Waals surface area contributed by atoms with Crippen LogP contribution in [0, 0.1) is 0 Å². The van der Waals surface area contributed by atoms with E-state index in [1.54, 1.807) is 18.2 Å². The third-order valence-corrected chi connectivity index (χ3v) is 9.00. The summed E-state index contributed by atoms with van der Waals surface area (Å²) in [5.41, 5.74) is 1.40. The average Bonchev–Trinajstić information content (AvgIpc) is 3.29. The van der Waals surface area contributed by atoms with Crippen LogP contribution < -0.4 is 5.32 Å². The summed E-state index contributed by atoms with van der Waals surface area (Å²) in [7, 11) is -9.51. The Labute approximate surface area is 213 Å². The van der Waals surface area contributed by atoms with Gasteiger partial charge in [0.05, 0.1) is 19.1 Å². The van der Waals surface area contributed by atoms with Gasteiger partial charge in [-0.1, -0.05) is 23.2 Å². The molecule has 1 saturated heterocycles. The number of fused-ring (bicyclic) bond motifs is 1. The van der Waals surface area contributed by atoms with Crippen molar-refractivity contribution in [2.24, 2.45) is 0 Å². The summed E-state index contributed by atoms with van der Waals surface area (Å²) in [4.78, 5) is 40.2. The number of nitrogens with one attached hydrogen (secondary N) is 1. The van der Waals surface area contributed by atoms with E-state index in [0.717, 1.165) is 5.56 Å². The minimum Gasteiger partial charge on any atom is -0.387 e. The Morgan fingerprint density at radius 1 is 1.08 bits per heavy atom. The predicted molar refractivity (Wildman–Crippen MR) is 128 cm³/mol. The normalized spacial score (nSPS) is 24.2. The number of ether oxygens (including phenoxy) is 1. The summed E-state index contributed by atoms with van der Waals surface area (Å²) < 4.78 is 34.6. The van der Waals surface area contributed by atoms with E-state index in [0.29, 0.717) is 22.1 Å². The smallest absolute Gasteiger partial charge is 0.340 e. The van der Waals surface area contributed by atoms with Crippen molar-refractivity contribution in [3.05, 3.63) is 46.3 Å². The van der Waals surface area contributed by atoms with Crippen LogP contribution in [0.5, 0.6) is 0 Å². The molecule has 1 aromatic carbocycles. The fourth-order valence-corrected chi connectivity index (χ4v) is 6.69. The average molecular weight is 584 g/mol. The van der Waals surface area contributed by atoms with E-state index in [2.05, 4.69) is 20.3 Å². The van der Waals surface area contributed by atoms with Gasteiger partial charge in [-0.05, 0) is 23.8 Å². The standard InChI is InChI=1S/C18H21Cl2N5O9P2/c19-10-1-9(2-11(20)3-10)4-21-18-22-5-12-16(24-18)25(7-23-12)17-15(27)14(26)13(34-17)6-33-36(31,32)8-35(28,29)30/h1-3,5,7,13-15,17,26-27H,4,6,8H2,(H,31,32)(H,21,22,24)(H2,28,29,30)/t13-,14-,15-,17-/m1/s1. The lowest BCUT2D eigenvalue weighted by Crippen LogP contribution is -2.33. The highest BCUT2D eigenvalue weighted by Crippen LogP contribution is 2.55. The van der Waals surface area contributed by atoms with E-state index < -0.39 is 52.2 Å². The second-order valence-corrected chi connectivity index (χ2v) is 12.8. The van der Waals surface area contributed by atoms with Crippen LogP contribution in [-0.4, -0.2) is 75.2 Å². The minimum atomic E-state index is -4.83. The van der Waals surface area contributed by atoms with Crippen LogP contribution in [0.1, 0.15) is 11.8 Å². The molecule has 4 rings (SSSR count). The predicted octanol–water partition coefficient (Wildman–Crippen LogP) is 1.70. The molecule has 0 aliphatic carbocycles. The molecule has 14 nitrogen and oxygen atoms in total. The molecule has 18 heteroatoms. The van der Waals surface area contributed by atoms with Crippen molar-refractivity contribution >= 4 is 55.5 Å². The molecule has 3 heterocycles. The number of nitrogens with zero attached hydrogens (tertiary/aromatic N) is 4. The van der Waals surface area contributed by atoms with Gasteiger partial charge in [-0.15, -0.1) is 0 Å². The molecular formula is C18H21Cl2N5O9P2. The van der Waals surface area contributed by atoms with Gasteiger partial charge in [0.2, 0.25) is 5.95 Å². The molecule has 5 atom stereocenters. The number of anilines is 1. The molecular weight excluding hydrogens is 563 g/mol. The van der Waals surface area contributed by atoms with Crippen LogP contribution in [0.15, 0.2) is 30.7 Å². The Hall–Kier alpha value is -1.67. The second kappa shape index (κ2) is 10.6. The Bertz CT molecular complexity index is 1340. The van der Waals surface area contributed by atoms with Gasteiger partial charge in [0, 0.05) is 16.6 Å². The molecule has 6 N–H and O–H groups in total. The van der Waals surface area contributed by atoms with Crippen LogP contribution in [-0.2, 0) is 24.9 Å². The number of benzene rings is 1. The largest absolute Gasteiger partial charge is 0.387 e. The summed E-state index contributed by atoms with van der Waals surface area (Å²) in [6, 6.07) is 5.05. The van der Waals surface area contributed by atoms with E-state index >= 15 is 0 Å². The first-order valence-corrected chi connectivity index (χ1v) is 14.5. The third-order valence-electron chi connectivity index (χ3n) is 5.10. The SMILES string of the molecule is O=P(O)(O)CP(=O)(O)OC[C@H]1O[C@@H](n2cnc3cnc(NCc4cc(Cl)cc(Cl)c4)nc32)[C@H](O)[C@@H]1O. The Morgan fingerprint density at radius 2 is 1.78 bits per heavy atom. The van der Waals surface area contributed by atoms with E-state index in [4.69, 9.17) is 42.2 Å². The topological polar surface area (TPSA) is 209 Å². The minimum absolute atomic E-state index is 0.215. The van der Waals surface area contributed by atoms with E-state index in [9.17, 15) is 24.2 Å². The third kappa shape index (κ3) is 6.60. The molecule has 2 aromatic heterocycles. The lowest BCUT2D eigenvalue weighted by molar-refractivity contribution is -0.0483. The van der Waals surface area contributed by atoms with Crippen molar-refractivity contribution in [1.82, 2.24) is 19.5 Å². The van der Waals surface area contributed by atoms with E-state index in [1.807, 2.05) is 0 Å². The zero-order valence-electron chi connectivity index (χ0n) is 18.1. The first-order valence-electron chi connectivity index (χ1n) is 10.2. The van der Waals surface area contributed by atoms with Crippen molar-refractivity contribution in [1.29, 1.82) is 0 Å². The Balaban J connectivity index is 1.48. The molecule has 1 aliphatic rings. The van der Waals surface area contributed by atoms with Gasteiger partial charge >= 0.3 is 15.2 Å². The molecule has 1 aliphatic heterocycles. The maximum Gasteiger partial charge on any atom is 0.340 e. The zero-order chi connectivity index (χ0) is 26.3. The van der Waals surface area contributed by atoms with Crippen LogP contribution in [0.2, 0.25) is 10.0 Å².